The zero-order valence-corrected chi connectivity index (χ0v) is 36.4. The molecule has 55 heavy (non-hydrogen) atoms. The van der Waals surface area contributed by atoms with Crippen LogP contribution in [0.2, 0.25) is 0 Å². The number of likely N-dealkylation sites (N-methyl/N-ethyl adjacent to an activating group) is 1. The molecule has 0 aliphatic heterocycles. The highest BCUT2D eigenvalue weighted by atomic mass is 31.2. The minimum absolute atomic E-state index is 0.0477. The number of quaternary nitrogens is 1. The lowest BCUT2D eigenvalue weighted by Crippen LogP contribution is -2.37. The van der Waals surface area contributed by atoms with Gasteiger partial charge in [-0.05, 0) is 64.2 Å². The van der Waals surface area contributed by atoms with Crippen molar-refractivity contribution in [1.29, 1.82) is 0 Å². The molecular weight excluding hydrogens is 717 g/mol. The van der Waals surface area contributed by atoms with Gasteiger partial charge in [-0.25, -0.2) is 0 Å². The first-order chi connectivity index (χ1) is 26.4. The minimum Gasteiger partial charge on any atom is -0.756 e. The van der Waals surface area contributed by atoms with E-state index in [0.717, 1.165) is 96.3 Å². The van der Waals surface area contributed by atoms with Crippen molar-refractivity contribution >= 4 is 19.8 Å². The maximum absolute atomic E-state index is 12.7. The standard InChI is InChI=1S/C44H80NO9P/c1-6-8-10-11-12-13-14-15-16-17-18-21-24-27-31-35-43(47)51-39-42(40-53-55(49,50)52-38-37-45(3,4)5)54-44(48)36-32-28-25-22-19-20-23-26-30-34-41(46)33-29-9-7-2/h12-13,15-16,23,26,30,34,41-42,46H,6-11,14,17-22,24-25,27-29,31-33,35-40H2,1-5H3/b13-12-,16-15-,26-23-,34-30+. The maximum atomic E-state index is 12.7. The topological polar surface area (TPSA) is 131 Å². The molecule has 0 aliphatic rings. The van der Waals surface area contributed by atoms with Gasteiger partial charge in [0.15, 0.2) is 6.10 Å². The van der Waals surface area contributed by atoms with Gasteiger partial charge in [-0.15, -0.1) is 0 Å². The second-order valence-corrected chi connectivity index (χ2v) is 17.0. The van der Waals surface area contributed by atoms with E-state index in [2.05, 4.69) is 44.2 Å². The highest BCUT2D eigenvalue weighted by Crippen LogP contribution is 2.38. The van der Waals surface area contributed by atoms with Crippen LogP contribution in [-0.2, 0) is 32.7 Å². The Hall–Kier alpha value is -2.07. The van der Waals surface area contributed by atoms with Crippen molar-refractivity contribution in [2.45, 2.75) is 174 Å². The van der Waals surface area contributed by atoms with Crippen LogP contribution >= 0.6 is 7.82 Å². The predicted octanol–water partition coefficient (Wildman–Crippen LogP) is 10.2. The Morgan fingerprint density at radius 2 is 1.22 bits per heavy atom. The number of esters is 2. The van der Waals surface area contributed by atoms with Crippen LogP contribution < -0.4 is 4.89 Å². The Morgan fingerprint density at radius 3 is 1.84 bits per heavy atom. The quantitative estimate of drug-likeness (QED) is 0.0162. The second-order valence-electron chi connectivity index (χ2n) is 15.5. The predicted molar refractivity (Wildman–Crippen MR) is 223 cm³/mol. The molecule has 320 valence electrons. The van der Waals surface area contributed by atoms with Crippen molar-refractivity contribution < 1.29 is 47.2 Å². The Kier molecular flexibility index (Phi) is 34.9. The molecule has 0 radical (unpaired) electrons. The molecule has 11 heteroatoms. The number of hydrogen-bond acceptors (Lipinski definition) is 9. The molecule has 0 saturated carbocycles. The summed E-state index contributed by atoms with van der Waals surface area (Å²) in [5, 5.41) is 9.93. The summed E-state index contributed by atoms with van der Waals surface area (Å²) in [5.74, 6) is -0.904. The number of aliphatic hydroxyl groups excluding tert-OH is 1. The van der Waals surface area contributed by atoms with E-state index in [0.29, 0.717) is 23.9 Å². The smallest absolute Gasteiger partial charge is 0.306 e. The van der Waals surface area contributed by atoms with Gasteiger partial charge < -0.3 is 33.0 Å². The van der Waals surface area contributed by atoms with Crippen LogP contribution in [0.3, 0.4) is 0 Å². The molecule has 0 fully saturated rings. The lowest BCUT2D eigenvalue weighted by Gasteiger charge is -2.28. The van der Waals surface area contributed by atoms with E-state index in [1.165, 1.54) is 25.7 Å². The molecule has 10 nitrogen and oxygen atoms in total. The number of nitrogens with zero attached hydrogens (tertiary/aromatic N) is 1. The largest absolute Gasteiger partial charge is 0.756 e. The molecule has 0 rings (SSSR count). The van der Waals surface area contributed by atoms with E-state index in [4.69, 9.17) is 18.5 Å². The van der Waals surface area contributed by atoms with Crippen molar-refractivity contribution in [2.24, 2.45) is 0 Å². The third-order valence-corrected chi connectivity index (χ3v) is 9.89. The zero-order chi connectivity index (χ0) is 40.9. The van der Waals surface area contributed by atoms with Crippen LogP contribution in [0.25, 0.3) is 0 Å². The fourth-order valence-electron chi connectivity index (χ4n) is 5.47. The average molecular weight is 798 g/mol. The van der Waals surface area contributed by atoms with Crippen LogP contribution in [0.1, 0.15) is 162 Å². The Bertz CT molecular complexity index is 1100. The van der Waals surface area contributed by atoms with Gasteiger partial charge in [-0.3, -0.25) is 14.2 Å². The third-order valence-electron chi connectivity index (χ3n) is 8.93. The van der Waals surface area contributed by atoms with Gasteiger partial charge in [0.2, 0.25) is 0 Å². The van der Waals surface area contributed by atoms with Crippen molar-refractivity contribution in [1.82, 2.24) is 0 Å². The van der Waals surface area contributed by atoms with E-state index in [9.17, 15) is 24.2 Å². The van der Waals surface area contributed by atoms with Gasteiger partial charge in [0.1, 0.15) is 19.8 Å². The van der Waals surface area contributed by atoms with Crippen molar-refractivity contribution in [2.75, 3.05) is 47.5 Å². The third kappa shape index (κ3) is 39.9. The summed E-state index contributed by atoms with van der Waals surface area (Å²) in [6.45, 7) is 4.00. The SMILES string of the molecule is CCCCC/C=C\C/C=C\CCCCCCCC(=O)OCC(COP(=O)([O-])OCC[N+](C)(C)C)OC(=O)CCCCCCC/C=C\C=C\C(O)CCCCC. The van der Waals surface area contributed by atoms with Gasteiger partial charge >= 0.3 is 11.9 Å². The van der Waals surface area contributed by atoms with E-state index in [1.807, 2.05) is 39.4 Å². The van der Waals surface area contributed by atoms with Crippen molar-refractivity contribution in [3.63, 3.8) is 0 Å². The minimum atomic E-state index is -4.64. The lowest BCUT2D eigenvalue weighted by atomic mass is 10.1. The van der Waals surface area contributed by atoms with Crippen molar-refractivity contribution in [3.8, 4) is 0 Å². The van der Waals surface area contributed by atoms with Crippen LogP contribution in [0.5, 0.6) is 0 Å². The summed E-state index contributed by atoms with van der Waals surface area (Å²) in [7, 11) is 1.11. The van der Waals surface area contributed by atoms with Crippen molar-refractivity contribution in [3.05, 3.63) is 48.6 Å². The van der Waals surface area contributed by atoms with E-state index < -0.39 is 32.5 Å². The van der Waals surface area contributed by atoms with E-state index in [1.54, 1.807) is 0 Å². The Labute approximate surface area is 336 Å². The number of carbonyl (C=O) groups excluding carboxylic acids is 2. The van der Waals surface area contributed by atoms with Crippen LogP contribution in [0, 0.1) is 0 Å². The highest BCUT2D eigenvalue weighted by Gasteiger charge is 2.21. The molecule has 0 aromatic rings. The summed E-state index contributed by atoms with van der Waals surface area (Å²) in [5.41, 5.74) is 0. The molecule has 3 unspecified atom stereocenters. The highest BCUT2D eigenvalue weighted by molar-refractivity contribution is 7.45. The van der Waals surface area contributed by atoms with Gasteiger partial charge in [-0.2, -0.15) is 0 Å². The maximum Gasteiger partial charge on any atom is 0.306 e. The van der Waals surface area contributed by atoms with Gasteiger partial charge in [-0.1, -0.05) is 133 Å². The first-order valence-corrected chi connectivity index (χ1v) is 22.9. The number of hydrogen-bond donors (Lipinski definition) is 1. The summed E-state index contributed by atoms with van der Waals surface area (Å²) >= 11 is 0. The Morgan fingerprint density at radius 1 is 0.673 bits per heavy atom. The van der Waals surface area contributed by atoms with Gasteiger partial charge in [0, 0.05) is 12.8 Å². The molecule has 3 atom stereocenters. The normalized spacial score (nSPS) is 14.7. The molecule has 0 saturated heterocycles. The molecule has 1 N–H and O–H groups in total. The Balaban J connectivity index is 4.48. The number of carbonyl (C=O) groups is 2. The summed E-state index contributed by atoms with van der Waals surface area (Å²) < 4.78 is 33.8. The molecule has 0 aromatic carbocycles. The van der Waals surface area contributed by atoms with Crippen LogP contribution in [0.4, 0.5) is 0 Å². The molecule has 0 bridgehead atoms. The number of phosphoric acid groups is 1. The summed E-state index contributed by atoms with van der Waals surface area (Å²) in [6, 6.07) is 0. The van der Waals surface area contributed by atoms with Gasteiger partial charge in [0.25, 0.3) is 7.82 Å². The molecule has 0 heterocycles. The molecular formula is C44H80NO9P. The number of allylic oxidation sites excluding steroid dienone is 7. The molecule has 0 amide bonds. The van der Waals surface area contributed by atoms with Gasteiger partial charge in [0.05, 0.1) is 33.9 Å². The number of ether oxygens (including phenoxy) is 2. The zero-order valence-electron chi connectivity index (χ0n) is 35.5. The monoisotopic (exact) mass is 798 g/mol. The molecule has 0 aliphatic carbocycles. The number of phosphoric ester groups is 1. The fourth-order valence-corrected chi connectivity index (χ4v) is 6.20. The number of unbranched alkanes of at least 4 members (excludes halogenated alkanes) is 15. The van der Waals surface area contributed by atoms with E-state index >= 15 is 0 Å². The first kappa shape index (κ1) is 52.9. The molecule has 0 aromatic heterocycles. The summed E-state index contributed by atoms with van der Waals surface area (Å²) in [4.78, 5) is 37.5. The molecule has 0 spiro atoms. The van der Waals surface area contributed by atoms with E-state index in [-0.39, 0.29) is 32.2 Å². The fraction of sp³-hybridized carbons (Fsp3) is 0.773. The number of aliphatic hydroxyl groups is 1. The lowest BCUT2D eigenvalue weighted by molar-refractivity contribution is -0.870. The summed E-state index contributed by atoms with van der Waals surface area (Å²) in [6.07, 6.45) is 37.4. The number of rotatable bonds is 38. The second kappa shape index (κ2) is 36.3. The average Bonchev–Trinajstić information content (AvgIpc) is 3.12. The van der Waals surface area contributed by atoms with Crippen LogP contribution in [0.15, 0.2) is 48.6 Å². The van der Waals surface area contributed by atoms with Crippen LogP contribution in [-0.4, -0.2) is 81.2 Å². The first-order valence-electron chi connectivity index (χ1n) is 21.5.